The summed E-state index contributed by atoms with van der Waals surface area (Å²) in [6.07, 6.45) is 6.80. The molecule has 0 fully saturated rings. The van der Waals surface area contributed by atoms with Gasteiger partial charge in [-0.25, -0.2) is 4.21 Å². The molecular weight excluding hydrogens is 228 g/mol. The van der Waals surface area contributed by atoms with E-state index in [9.17, 15) is 4.21 Å². The van der Waals surface area contributed by atoms with Gasteiger partial charge in [-0.15, -0.1) is 0 Å². The highest BCUT2D eigenvalue weighted by molar-refractivity contribution is 8.01. The average Bonchev–Trinajstić information content (AvgIpc) is 2.30. The van der Waals surface area contributed by atoms with E-state index in [0.717, 1.165) is 19.6 Å². The second-order valence-electron chi connectivity index (χ2n) is 3.02. The van der Waals surface area contributed by atoms with Gasteiger partial charge in [-0.1, -0.05) is 11.8 Å². The fourth-order valence-electron chi connectivity index (χ4n) is 1.42. The summed E-state index contributed by atoms with van der Waals surface area (Å²) in [4.78, 5) is 11.6. The van der Waals surface area contributed by atoms with Crippen LogP contribution in [-0.4, -0.2) is 14.2 Å². The van der Waals surface area contributed by atoms with Gasteiger partial charge in [0.05, 0.1) is 20.6 Å². The van der Waals surface area contributed by atoms with Crippen LogP contribution in [0.5, 0.6) is 0 Å². The Balaban J connectivity index is 2.24. The molecule has 3 nitrogen and oxygen atoms in total. The molecule has 0 radical (unpaired) electrons. The van der Waals surface area contributed by atoms with Crippen LogP contribution >= 0.6 is 11.8 Å². The van der Waals surface area contributed by atoms with Gasteiger partial charge in [0.2, 0.25) is 0 Å². The molecule has 2 aromatic rings. The van der Waals surface area contributed by atoms with Gasteiger partial charge < -0.3 is 0 Å². The Morgan fingerprint density at radius 3 is 2.73 bits per heavy atom. The first-order valence-electron chi connectivity index (χ1n) is 4.34. The van der Waals surface area contributed by atoms with Gasteiger partial charge in [0, 0.05) is 34.6 Å². The zero-order valence-electron chi connectivity index (χ0n) is 7.58. The van der Waals surface area contributed by atoms with E-state index >= 15 is 0 Å². The summed E-state index contributed by atoms with van der Waals surface area (Å²) in [6.45, 7) is 0. The molecule has 3 rings (SSSR count). The Kier molecular flexibility index (Phi) is 2.07. The summed E-state index contributed by atoms with van der Waals surface area (Å²) in [5.41, 5.74) is 0. The molecule has 74 valence electrons. The molecule has 3 heterocycles. The van der Waals surface area contributed by atoms with E-state index in [1.807, 2.05) is 6.07 Å². The lowest BCUT2D eigenvalue weighted by atomic mass is 10.5. The molecule has 15 heavy (non-hydrogen) atoms. The van der Waals surface area contributed by atoms with E-state index in [-0.39, 0.29) is 0 Å². The molecule has 1 atom stereocenters. The normalized spacial score (nSPS) is 18.0. The van der Waals surface area contributed by atoms with Crippen molar-refractivity contribution in [1.82, 2.24) is 9.97 Å². The van der Waals surface area contributed by atoms with Crippen molar-refractivity contribution in [1.29, 1.82) is 0 Å². The maximum atomic E-state index is 12.1. The largest absolute Gasteiger partial charge is 0.263 e. The molecule has 0 aromatic carbocycles. The summed E-state index contributed by atoms with van der Waals surface area (Å²) in [6, 6.07) is 3.68. The van der Waals surface area contributed by atoms with E-state index in [1.165, 1.54) is 0 Å². The first kappa shape index (κ1) is 9.06. The highest BCUT2D eigenvalue weighted by Gasteiger charge is 2.22. The molecule has 0 bridgehead atoms. The smallest absolute Gasteiger partial charge is 0.0889 e. The average molecular weight is 234 g/mol. The predicted molar refractivity (Wildman–Crippen MR) is 57.3 cm³/mol. The van der Waals surface area contributed by atoms with E-state index in [4.69, 9.17) is 0 Å². The quantitative estimate of drug-likeness (QED) is 0.597. The van der Waals surface area contributed by atoms with Gasteiger partial charge in [-0.05, 0) is 12.1 Å². The van der Waals surface area contributed by atoms with E-state index in [2.05, 4.69) is 9.97 Å². The Morgan fingerprint density at radius 1 is 1.00 bits per heavy atom. The standard InChI is InChI=1S/C10H6N2OS2/c13-15-9-2-4-11-5-8(9)14-7-1-3-12-6-10(7)15/h1-6H. The zero-order valence-corrected chi connectivity index (χ0v) is 9.22. The summed E-state index contributed by atoms with van der Waals surface area (Å²) in [5.74, 6) is 0. The fraction of sp³-hybridized carbons (Fsp3) is 0. The zero-order chi connectivity index (χ0) is 10.3. The van der Waals surface area contributed by atoms with Crippen LogP contribution in [0.1, 0.15) is 0 Å². The third-order valence-corrected chi connectivity index (χ3v) is 4.97. The van der Waals surface area contributed by atoms with Gasteiger partial charge in [0.25, 0.3) is 0 Å². The maximum Gasteiger partial charge on any atom is 0.0889 e. The number of pyridine rings is 2. The van der Waals surface area contributed by atoms with Crippen LogP contribution in [-0.2, 0) is 10.8 Å². The summed E-state index contributed by atoms with van der Waals surface area (Å²) in [7, 11) is -1.11. The number of nitrogens with zero attached hydrogens (tertiary/aromatic N) is 2. The van der Waals surface area contributed by atoms with Crippen molar-refractivity contribution < 1.29 is 4.21 Å². The van der Waals surface area contributed by atoms with Crippen LogP contribution in [0.15, 0.2) is 56.5 Å². The Bertz CT molecular complexity index is 509. The van der Waals surface area contributed by atoms with Crippen LogP contribution < -0.4 is 0 Å². The summed E-state index contributed by atoms with van der Waals surface area (Å²) >= 11 is 1.59. The number of aromatic nitrogens is 2. The van der Waals surface area contributed by atoms with Crippen LogP contribution in [0.2, 0.25) is 0 Å². The fourth-order valence-corrected chi connectivity index (χ4v) is 3.99. The van der Waals surface area contributed by atoms with Crippen molar-refractivity contribution in [2.24, 2.45) is 0 Å². The third kappa shape index (κ3) is 1.39. The van der Waals surface area contributed by atoms with Crippen molar-refractivity contribution in [3.05, 3.63) is 36.9 Å². The number of fused-ring (bicyclic) bond motifs is 2. The first-order valence-corrected chi connectivity index (χ1v) is 6.30. The Labute approximate surface area is 93.4 Å². The number of rotatable bonds is 0. The first-order chi connectivity index (χ1) is 7.36. The molecule has 0 saturated heterocycles. The van der Waals surface area contributed by atoms with Crippen LogP contribution in [0.3, 0.4) is 0 Å². The van der Waals surface area contributed by atoms with Gasteiger partial charge in [0.15, 0.2) is 0 Å². The molecule has 0 saturated carbocycles. The van der Waals surface area contributed by atoms with E-state index < -0.39 is 10.8 Å². The maximum absolute atomic E-state index is 12.1. The van der Waals surface area contributed by atoms with Crippen molar-refractivity contribution in [2.75, 3.05) is 0 Å². The van der Waals surface area contributed by atoms with E-state index in [1.54, 1.807) is 42.6 Å². The van der Waals surface area contributed by atoms with Crippen LogP contribution in [0.25, 0.3) is 0 Å². The third-order valence-electron chi connectivity index (χ3n) is 2.11. The minimum absolute atomic E-state index is 0.793. The second kappa shape index (κ2) is 3.43. The molecule has 0 N–H and O–H groups in total. The predicted octanol–water partition coefficient (Wildman–Crippen LogP) is 2.11. The highest BCUT2D eigenvalue weighted by Crippen LogP contribution is 2.41. The van der Waals surface area contributed by atoms with Crippen molar-refractivity contribution in [3.63, 3.8) is 0 Å². The molecule has 0 spiro atoms. The topological polar surface area (TPSA) is 42.9 Å². The second-order valence-corrected chi connectivity index (χ2v) is 5.52. The molecule has 0 aliphatic carbocycles. The van der Waals surface area contributed by atoms with E-state index in [0.29, 0.717) is 0 Å². The molecule has 1 aliphatic rings. The lowest BCUT2D eigenvalue weighted by molar-refractivity contribution is 0.678. The molecule has 2 aromatic heterocycles. The lowest BCUT2D eigenvalue weighted by Crippen LogP contribution is -2.02. The van der Waals surface area contributed by atoms with Crippen LogP contribution in [0.4, 0.5) is 0 Å². The molecular formula is C10H6N2OS2. The highest BCUT2D eigenvalue weighted by atomic mass is 32.2. The van der Waals surface area contributed by atoms with Gasteiger partial charge >= 0.3 is 0 Å². The lowest BCUT2D eigenvalue weighted by Gasteiger charge is -2.16. The molecule has 1 unspecified atom stereocenters. The minimum atomic E-state index is -1.11. The van der Waals surface area contributed by atoms with Gasteiger partial charge in [-0.3, -0.25) is 9.97 Å². The molecule has 5 heteroatoms. The van der Waals surface area contributed by atoms with Crippen LogP contribution in [0, 0.1) is 0 Å². The van der Waals surface area contributed by atoms with Crippen molar-refractivity contribution in [2.45, 2.75) is 19.6 Å². The summed E-state index contributed by atoms with van der Waals surface area (Å²) < 4.78 is 12.1. The Hall–Kier alpha value is -1.20. The van der Waals surface area contributed by atoms with Crippen molar-refractivity contribution in [3.8, 4) is 0 Å². The number of hydrogen-bond donors (Lipinski definition) is 0. The van der Waals surface area contributed by atoms with Gasteiger partial charge in [-0.2, -0.15) is 0 Å². The SMILES string of the molecule is O=S1c2ccncc2Sc2ccncc21. The summed E-state index contributed by atoms with van der Waals surface area (Å²) in [5, 5.41) is 0. The van der Waals surface area contributed by atoms with Gasteiger partial charge in [0.1, 0.15) is 0 Å². The number of hydrogen-bond acceptors (Lipinski definition) is 4. The monoisotopic (exact) mass is 234 g/mol. The Morgan fingerprint density at radius 2 is 1.80 bits per heavy atom. The minimum Gasteiger partial charge on any atom is -0.263 e. The molecule has 1 aliphatic heterocycles. The molecule has 0 amide bonds. The van der Waals surface area contributed by atoms with Crippen molar-refractivity contribution >= 4 is 22.6 Å².